The Hall–Kier alpha value is -2.14. The van der Waals surface area contributed by atoms with Gasteiger partial charge in [0, 0.05) is 12.2 Å². The van der Waals surface area contributed by atoms with E-state index in [1.165, 1.54) is 0 Å². The Balaban J connectivity index is 1.73. The van der Waals surface area contributed by atoms with Gasteiger partial charge in [-0.2, -0.15) is 0 Å². The molecule has 1 fully saturated rings. The molecule has 1 unspecified atom stereocenters. The molecule has 0 bridgehead atoms. The third-order valence-corrected chi connectivity index (χ3v) is 2.13. The molecule has 5 heteroatoms. The summed E-state index contributed by atoms with van der Waals surface area (Å²) in [6.45, 7) is 0.837. The van der Waals surface area contributed by atoms with E-state index in [0.717, 1.165) is 12.2 Å². The highest BCUT2D eigenvalue weighted by Crippen LogP contribution is 2.09. The van der Waals surface area contributed by atoms with Crippen molar-refractivity contribution in [3.63, 3.8) is 0 Å². The average Bonchev–Trinajstić information content (AvgIpc) is 3.19. The second kappa shape index (κ2) is 5.97. The van der Waals surface area contributed by atoms with Crippen LogP contribution in [0.3, 0.4) is 0 Å². The van der Waals surface area contributed by atoms with Crippen molar-refractivity contribution >= 4 is 11.9 Å². The molecule has 5 nitrogen and oxygen atoms in total. The van der Waals surface area contributed by atoms with Gasteiger partial charge in [-0.15, -0.1) is 0 Å². The second-order valence-electron chi connectivity index (χ2n) is 3.65. The first-order chi connectivity index (χ1) is 8.74. The molecule has 0 saturated carbocycles. The van der Waals surface area contributed by atoms with Crippen LogP contribution in [0.5, 0.6) is 5.75 Å². The minimum atomic E-state index is -0.624. The third-order valence-electron chi connectivity index (χ3n) is 2.13. The van der Waals surface area contributed by atoms with Gasteiger partial charge in [-0.05, 0) is 12.1 Å². The van der Waals surface area contributed by atoms with Crippen LogP contribution in [-0.2, 0) is 19.1 Å². The molecular formula is C13H12O5. The second-order valence-corrected chi connectivity index (χ2v) is 3.65. The van der Waals surface area contributed by atoms with Crippen molar-refractivity contribution in [2.24, 2.45) is 0 Å². The monoisotopic (exact) mass is 248 g/mol. The average molecular weight is 248 g/mol. The minimum absolute atomic E-state index is 0.0126. The Labute approximate surface area is 104 Å². The van der Waals surface area contributed by atoms with Gasteiger partial charge in [0.2, 0.25) is 0 Å². The number of hydrogen-bond acceptors (Lipinski definition) is 5. The number of ether oxygens (including phenoxy) is 3. The van der Waals surface area contributed by atoms with Gasteiger partial charge >= 0.3 is 11.9 Å². The molecule has 1 saturated heterocycles. The molecule has 18 heavy (non-hydrogen) atoms. The summed E-state index contributed by atoms with van der Waals surface area (Å²) in [7, 11) is 0. The number of epoxide rings is 1. The zero-order chi connectivity index (χ0) is 12.8. The number of rotatable bonds is 5. The standard InChI is InChI=1S/C13H12O5/c14-12(17-9-11-8-16-11)6-7-13(15)18-10-4-2-1-3-5-10/h1-7,11H,8-9H2/b7-6-. The fraction of sp³-hybridized carbons (Fsp3) is 0.231. The molecule has 94 valence electrons. The summed E-state index contributed by atoms with van der Waals surface area (Å²) in [5.74, 6) is -0.789. The first-order valence-electron chi connectivity index (χ1n) is 5.47. The summed E-state index contributed by atoms with van der Waals surface area (Å²) in [5.41, 5.74) is 0. The Morgan fingerprint density at radius 2 is 1.89 bits per heavy atom. The number of benzene rings is 1. The topological polar surface area (TPSA) is 65.1 Å². The van der Waals surface area contributed by atoms with Crippen molar-refractivity contribution in [2.45, 2.75) is 6.10 Å². The van der Waals surface area contributed by atoms with Crippen LogP contribution in [0.1, 0.15) is 0 Å². The molecule has 1 atom stereocenters. The van der Waals surface area contributed by atoms with Crippen LogP contribution in [0.2, 0.25) is 0 Å². The zero-order valence-corrected chi connectivity index (χ0v) is 9.57. The molecule has 0 amide bonds. The summed E-state index contributed by atoms with van der Waals surface area (Å²) in [6.07, 6.45) is 2.08. The van der Waals surface area contributed by atoms with E-state index < -0.39 is 11.9 Å². The maximum atomic E-state index is 11.3. The molecule has 0 aliphatic carbocycles. The Morgan fingerprint density at radius 3 is 2.56 bits per heavy atom. The van der Waals surface area contributed by atoms with E-state index in [0.29, 0.717) is 12.4 Å². The fourth-order valence-corrected chi connectivity index (χ4v) is 1.16. The van der Waals surface area contributed by atoms with Crippen LogP contribution in [-0.4, -0.2) is 31.3 Å². The molecule has 1 aromatic rings. The molecule has 0 radical (unpaired) electrons. The molecule has 0 aromatic heterocycles. The lowest BCUT2D eigenvalue weighted by Crippen LogP contribution is -2.09. The van der Waals surface area contributed by atoms with E-state index in [2.05, 4.69) is 0 Å². The number of para-hydroxylation sites is 1. The third kappa shape index (κ3) is 4.39. The molecule has 2 rings (SSSR count). The van der Waals surface area contributed by atoms with Crippen molar-refractivity contribution in [3.8, 4) is 5.75 Å². The fourth-order valence-electron chi connectivity index (χ4n) is 1.16. The summed E-state index contributed by atoms with van der Waals surface area (Å²) >= 11 is 0. The van der Waals surface area contributed by atoms with Gasteiger partial charge in [-0.3, -0.25) is 0 Å². The molecule has 1 aliphatic rings. The zero-order valence-electron chi connectivity index (χ0n) is 9.57. The molecule has 1 aliphatic heterocycles. The Bertz CT molecular complexity index is 448. The Kier molecular flexibility index (Phi) is 4.09. The van der Waals surface area contributed by atoms with Crippen LogP contribution in [0.4, 0.5) is 0 Å². The molecule has 0 spiro atoms. The van der Waals surface area contributed by atoms with Crippen LogP contribution >= 0.6 is 0 Å². The van der Waals surface area contributed by atoms with E-state index in [9.17, 15) is 9.59 Å². The minimum Gasteiger partial charge on any atom is -0.460 e. The SMILES string of the molecule is O=C(/C=C\C(=O)Oc1ccccc1)OCC1CO1. The van der Waals surface area contributed by atoms with E-state index in [-0.39, 0.29) is 12.7 Å². The van der Waals surface area contributed by atoms with E-state index >= 15 is 0 Å². The quantitative estimate of drug-likeness (QED) is 0.338. The predicted octanol–water partition coefficient (Wildman–Crippen LogP) is 1.09. The van der Waals surface area contributed by atoms with E-state index in [1.54, 1.807) is 24.3 Å². The highest BCUT2D eigenvalue weighted by Gasteiger charge is 2.23. The number of carbonyl (C=O) groups excluding carboxylic acids is 2. The van der Waals surface area contributed by atoms with Gasteiger partial charge in [0.25, 0.3) is 0 Å². The molecule has 1 heterocycles. The Morgan fingerprint density at radius 1 is 1.22 bits per heavy atom. The maximum Gasteiger partial charge on any atom is 0.336 e. The molecule has 1 aromatic carbocycles. The van der Waals surface area contributed by atoms with Crippen molar-refractivity contribution < 1.29 is 23.8 Å². The normalized spacial score (nSPS) is 17.4. The molecular weight excluding hydrogens is 236 g/mol. The first kappa shape index (κ1) is 12.3. The maximum absolute atomic E-state index is 11.3. The lowest BCUT2D eigenvalue weighted by Gasteiger charge is -2.00. The number of carbonyl (C=O) groups is 2. The number of hydrogen-bond donors (Lipinski definition) is 0. The van der Waals surface area contributed by atoms with Gasteiger partial charge in [-0.1, -0.05) is 18.2 Å². The first-order valence-corrected chi connectivity index (χ1v) is 5.47. The van der Waals surface area contributed by atoms with Crippen molar-refractivity contribution in [1.29, 1.82) is 0 Å². The van der Waals surface area contributed by atoms with Crippen LogP contribution < -0.4 is 4.74 Å². The van der Waals surface area contributed by atoms with Gasteiger partial charge in [0.05, 0.1) is 6.61 Å². The van der Waals surface area contributed by atoms with Gasteiger partial charge in [0.15, 0.2) is 0 Å². The van der Waals surface area contributed by atoms with Crippen LogP contribution in [0.15, 0.2) is 42.5 Å². The summed E-state index contributed by atoms with van der Waals surface area (Å²) in [5, 5.41) is 0. The lowest BCUT2D eigenvalue weighted by molar-refractivity contribution is -0.138. The molecule has 0 N–H and O–H groups in total. The highest BCUT2D eigenvalue weighted by molar-refractivity contribution is 5.92. The summed E-state index contributed by atoms with van der Waals surface area (Å²) < 4.78 is 14.6. The van der Waals surface area contributed by atoms with Crippen LogP contribution in [0, 0.1) is 0 Å². The van der Waals surface area contributed by atoms with Gasteiger partial charge < -0.3 is 14.2 Å². The van der Waals surface area contributed by atoms with Gasteiger partial charge in [0.1, 0.15) is 18.5 Å². The van der Waals surface area contributed by atoms with Crippen LogP contribution in [0.25, 0.3) is 0 Å². The van der Waals surface area contributed by atoms with Gasteiger partial charge in [-0.25, -0.2) is 9.59 Å². The summed E-state index contributed by atoms with van der Waals surface area (Å²) in [4.78, 5) is 22.5. The highest BCUT2D eigenvalue weighted by atomic mass is 16.6. The summed E-state index contributed by atoms with van der Waals surface area (Å²) in [6, 6.07) is 8.60. The predicted molar refractivity (Wildman–Crippen MR) is 61.9 cm³/mol. The largest absolute Gasteiger partial charge is 0.460 e. The van der Waals surface area contributed by atoms with E-state index in [4.69, 9.17) is 14.2 Å². The lowest BCUT2D eigenvalue weighted by atomic mass is 10.3. The van der Waals surface area contributed by atoms with Crippen molar-refractivity contribution in [1.82, 2.24) is 0 Å². The smallest absolute Gasteiger partial charge is 0.336 e. The van der Waals surface area contributed by atoms with E-state index in [1.807, 2.05) is 6.07 Å². The number of esters is 2. The van der Waals surface area contributed by atoms with Crippen molar-refractivity contribution in [2.75, 3.05) is 13.2 Å². The van der Waals surface area contributed by atoms with Crippen molar-refractivity contribution in [3.05, 3.63) is 42.5 Å².